The molecule has 2 N–H and O–H groups in total. The Morgan fingerprint density at radius 1 is 1.00 bits per heavy atom. The van der Waals surface area contributed by atoms with E-state index < -0.39 is 24.8 Å². The minimum atomic E-state index is -1.37. The molecule has 0 aliphatic rings. The van der Waals surface area contributed by atoms with Gasteiger partial charge in [-0.3, -0.25) is 0 Å². The molecule has 0 heterocycles. The Hall–Kier alpha value is -0.412. The number of carbonyl (C=O) groups is 2. The van der Waals surface area contributed by atoms with Crippen molar-refractivity contribution in [3.63, 3.8) is 0 Å². The van der Waals surface area contributed by atoms with Crippen molar-refractivity contribution in [3.05, 3.63) is 0 Å². The summed E-state index contributed by atoms with van der Waals surface area (Å²) in [6, 6.07) is 0. The van der Waals surface area contributed by atoms with Crippen molar-refractivity contribution in [3.8, 4) is 0 Å². The molecule has 0 rings (SSSR count). The maximum absolute atomic E-state index is 9.50. The number of carboxylic acid groups (broad SMARTS) is 2. The topological polar surface area (TPSA) is 112 Å². The second kappa shape index (κ2) is 8.59. The van der Waals surface area contributed by atoms with Crippen LogP contribution in [0.15, 0.2) is 0 Å². The van der Waals surface area contributed by atoms with E-state index in [0.717, 1.165) is 0 Å². The van der Waals surface area contributed by atoms with Gasteiger partial charge in [0.15, 0.2) is 0 Å². The molecular formula is C4H6O5Pt. The van der Waals surface area contributed by atoms with E-state index in [2.05, 4.69) is 0 Å². The van der Waals surface area contributed by atoms with Crippen LogP contribution in [0.4, 0.5) is 0 Å². The Labute approximate surface area is 71.6 Å². The van der Waals surface area contributed by atoms with Crippen molar-refractivity contribution >= 4 is 11.9 Å². The molecule has 0 aromatic rings. The number of carbonyl (C=O) groups excluding carboxylic acids is 2. The summed E-state index contributed by atoms with van der Waals surface area (Å²) in [7, 11) is 0. The summed E-state index contributed by atoms with van der Waals surface area (Å²) in [5.74, 6) is -2.73. The van der Waals surface area contributed by atoms with Gasteiger partial charge in [-0.25, -0.2) is 0 Å². The van der Waals surface area contributed by atoms with Crippen LogP contribution in [0.5, 0.6) is 0 Å². The first-order valence-electron chi connectivity index (χ1n) is 2.02. The third-order valence-corrected chi connectivity index (χ3v) is 0.533. The van der Waals surface area contributed by atoms with Crippen molar-refractivity contribution in [2.24, 2.45) is 0 Å². The van der Waals surface area contributed by atoms with Gasteiger partial charge in [-0.05, 0) is 12.8 Å². The fourth-order valence-corrected chi connectivity index (χ4v) is 0.204. The van der Waals surface area contributed by atoms with E-state index in [1.165, 1.54) is 0 Å². The summed E-state index contributed by atoms with van der Waals surface area (Å²) in [6.07, 6.45) is -0.940. The molecule has 6 heteroatoms. The molecule has 62 valence electrons. The zero-order valence-electron chi connectivity index (χ0n) is 4.86. The summed E-state index contributed by atoms with van der Waals surface area (Å²) >= 11 is 0. The number of hydrogen-bond donors (Lipinski definition) is 0. The van der Waals surface area contributed by atoms with Crippen LogP contribution in [0.3, 0.4) is 0 Å². The molecule has 0 saturated heterocycles. The normalized spacial score (nSPS) is 6.80. The minimum absolute atomic E-state index is 0. The Kier molecular flexibility index (Phi) is 14.0. The molecular weight excluding hydrogens is 323 g/mol. The SMILES string of the molecule is O.O=C([O-])CCC(=O)[O-].[Pt+2]. The first-order chi connectivity index (χ1) is 3.63. The second-order valence-electron chi connectivity index (χ2n) is 1.24. The van der Waals surface area contributed by atoms with Crippen LogP contribution >= 0.6 is 0 Å². The van der Waals surface area contributed by atoms with Crippen molar-refractivity contribution < 1.29 is 46.3 Å². The van der Waals surface area contributed by atoms with Crippen molar-refractivity contribution in [1.29, 1.82) is 0 Å². The Morgan fingerprint density at radius 3 is 1.30 bits per heavy atom. The van der Waals surface area contributed by atoms with Crippen LogP contribution in [0.25, 0.3) is 0 Å². The average Bonchev–Trinajstić information content (AvgIpc) is 1.61. The van der Waals surface area contributed by atoms with E-state index in [-0.39, 0.29) is 26.5 Å². The molecule has 0 aromatic carbocycles. The van der Waals surface area contributed by atoms with E-state index in [4.69, 9.17) is 0 Å². The van der Waals surface area contributed by atoms with Gasteiger partial charge in [0.1, 0.15) is 0 Å². The number of aliphatic carboxylic acids is 2. The predicted molar refractivity (Wildman–Crippen MR) is 22.9 cm³/mol. The molecule has 0 fully saturated rings. The van der Waals surface area contributed by atoms with E-state index in [1.807, 2.05) is 0 Å². The van der Waals surface area contributed by atoms with Crippen LogP contribution in [0.1, 0.15) is 12.8 Å². The molecule has 0 saturated carbocycles. The van der Waals surface area contributed by atoms with Gasteiger partial charge in [-0.1, -0.05) is 0 Å². The fraction of sp³-hybridized carbons (Fsp3) is 0.500. The zero-order valence-corrected chi connectivity index (χ0v) is 7.14. The first-order valence-corrected chi connectivity index (χ1v) is 2.02. The third-order valence-electron chi connectivity index (χ3n) is 0.533. The third kappa shape index (κ3) is 15.6. The van der Waals surface area contributed by atoms with Gasteiger partial charge >= 0.3 is 21.1 Å². The van der Waals surface area contributed by atoms with Crippen LogP contribution in [-0.2, 0) is 30.7 Å². The largest absolute Gasteiger partial charge is 2.00 e. The van der Waals surface area contributed by atoms with Crippen LogP contribution in [0, 0.1) is 0 Å². The summed E-state index contributed by atoms with van der Waals surface area (Å²) in [6.45, 7) is 0. The van der Waals surface area contributed by atoms with Crippen LogP contribution in [0.2, 0.25) is 0 Å². The first kappa shape index (κ1) is 16.3. The van der Waals surface area contributed by atoms with Crippen LogP contribution in [-0.4, -0.2) is 17.4 Å². The number of hydrogen-bond acceptors (Lipinski definition) is 4. The van der Waals surface area contributed by atoms with Gasteiger partial charge in [0.05, 0.1) is 0 Å². The van der Waals surface area contributed by atoms with Crippen molar-refractivity contribution in [2.45, 2.75) is 12.8 Å². The molecule has 0 aliphatic carbocycles. The van der Waals surface area contributed by atoms with E-state index >= 15 is 0 Å². The summed E-state index contributed by atoms with van der Waals surface area (Å²) < 4.78 is 0. The van der Waals surface area contributed by atoms with Gasteiger partial charge in [-0.15, -0.1) is 0 Å². The molecule has 5 nitrogen and oxygen atoms in total. The van der Waals surface area contributed by atoms with E-state index in [0.29, 0.717) is 0 Å². The Morgan fingerprint density at radius 2 is 1.20 bits per heavy atom. The molecule has 0 radical (unpaired) electrons. The van der Waals surface area contributed by atoms with E-state index in [9.17, 15) is 19.8 Å². The fourth-order valence-electron chi connectivity index (χ4n) is 0.204. The standard InChI is InChI=1S/C4H6O4.H2O.Pt/c5-3(6)1-2-4(7)8;;/h1-2H2,(H,5,6)(H,7,8);1H2;/q;;+2/p-2. The molecule has 0 amide bonds. The molecule has 0 aliphatic heterocycles. The van der Waals surface area contributed by atoms with Crippen LogP contribution < -0.4 is 10.2 Å². The smallest absolute Gasteiger partial charge is 0.550 e. The number of rotatable bonds is 3. The minimum Gasteiger partial charge on any atom is -0.550 e. The van der Waals surface area contributed by atoms with Gasteiger partial charge in [0, 0.05) is 11.9 Å². The zero-order chi connectivity index (χ0) is 6.57. The maximum Gasteiger partial charge on any atom is 2.00 e. The molecule has 0 bridgehead atoms. The molecule has 0 aromatic heterocycles. The maximum atomic E-state index is 9.50. The Balaban J connectivity index is -0.000000245. The molecule has 0 spiro atoms. The van der Waals surface area contributed by atoms with Gasteiger partial charge in [0.25, 0.3) is 0 Å². The monoisotopic (exact) mass is 329 g/mol. The van der Waals surface area contributed by atoms with Gasteiger partial charge in [0.2, 0.25) is 0 Å². The predicted octanol–water partition coefficient (Wildman–Crippen LogP) is -3.56. The number of carboxylic acids is 2. The van der Waals surface area contributed by atoms with E-state index in [1.54, 1.807) is 0 Å². The summed E-state index contributed by atoms with van der Waals surface area (Å²) in [5.41, 5.74) is 0. The quantitative estimate of drug-likeness (QED) is 0.533. The Bertz CT molecular complexity index is 98.2. The second-order valence-corrected chi connectivity index (χ2v) is 1.24. The molecule has 0 atom stereocenters. The molecule has 10 heavy (non-hydrogen) atoms. The summed E-state index contributed by atoms with van der Waals surface area (Å²) in [5, 5.41) is 19.0. The van der Waals surface area contributed by atoms with Gasteiger partial charge < -0.3 is 25.3 Å². The average molecular weight is 329 g/mol. The van der Waals surface area contributed by atoms with Crippen molar-refractivity contribution in [2.75, 3.05) is 0 Å². The van der Waals surface area contributed by atoms with Crippen molar-refractivity contribution in [1.82, 2.24) is 0 Å². The van der Waals surface area contributed by atoms with Gasteiger partial charge in [-0.2, -0.15) is 0 Å². The summed E-state index contributed by atoms with van der Waals surface area (Å²) in [4.78, 5) is 19.0. The molecule has 0 unspecified atom stereocenters.